The standard InChI is InChI=1S/C20H21N5O4S/c1-29-16-4-2-3-14(11-16)21-19(26)13-23-7-9-24(10-8-23)20-22-17-6-5-15(25(27)28)12-18(17)30-20/h2-6,11-12H,7-10,13H2,1H3,(H,21,26). The van der Waals surface area contributed by atoms with E-state index in [0.717, 1.165) is 41.5 Å². The lowest BCUT2D eigenvalue weighted by molar-refractivity contribution is -0.384. The van der Waals surface area contributed by atoms with E-state index in [4.69, 9.17) is 4.74 Å². The number of methoxy groups -OCH3 is 1. The number of carbonyl (C=O) groups excluding carboxylic acids is 1. The summed E-state index contributed by atoms with van der Waals surface area (Å²) in [7, 11) is 1.59. The second kappa shape index (κ2) is 8.64. The normalized spacial score (nSPS) is 14.6. The van der Waals surface area contributed by atoms with Crippen LogP contribution in [-0.2, 0) is 4.79 Å². The van der Waals surface area contributed by atoms with Crippen molar-refractivity contribution in [3.8, 4) is 5.75 Å². The maximum Gasteiger partial charge on any atom is 0.270 e. The van der Waals surface area contributed by atoms with Gasteiger partial charge in [0.15, 0.2) is 5.13 Å². The van der Waals surface area contributed by atoms with Gasteiger partial charge in [0.05, 0.1) is 28.8 Å². The number of hydrogen-bond donors (Lipinski definition) is 1. The van der Waals surface area contributed by atoms with Crippen molar-refractivity contribution in [3.63, 3.8) is 0 Å². The zero-order valence-electron chi connectivity index (χ0n) is 16.4. The van der Waals surface area contributed by atoms with Crippen LogP contribution in [0.1, 0.15) is 0 Å². The van der Waals surface area contributed by atoms with E-state index in [0.29, 0.717) is 18.0 Å². The average Bonchev–Trinajstić information content (AvgIpc) is 3.17. The summed E-state index contributed by atoms with van der Waals surface area (Å²) >= 11 is 1.46. The Morgan fingerprint density at radius 2 is 2.03 bits per heavy atom. The second-order valence-electron chi connectivity index (χ2n) is 6.95. The van der Waals surface area contributed by atoms with Gasteiger partial charge in [0, 0.05) is 50.1 Å². The minimum Gasteiger partial charge on any atom is -0.497 e. The Hall–Kier alpha value is -3.24. The van der Waals surface area contributed by atoms with E-state index >= 15 is 0 Å². The first kappa shape index (κ1) is 20.0. The number of fused-ring (bicyclic) bond motifs is 1. The van der Waals surface area contributed by atoms with E-state index in [-0.39, 0.29) is 11.6 Å². The zero-order valence-corrected chi connectivity index (χ0v) is 17.2. The molecule has 0 radical (unpaired) electrons. The van der Waals surface area contributed by atoms with Crippen LogP contribution in [0.3, 0.4) is 0 Å². The van der Waals surface area contributed by atoms with Crippen LogP contribution in [0.25, 0.3) is 10.2 Å². The molecule has 10 heteroatoms. The maximum atomic E-state index is 12.4. The highest BCUT2D eigenvalue weighted by Crippen LogP contribution is 2.31. The van der Waals surface area contributed by atoms with Gasteiger partial charge in [0.2, 0.25) is 5.91 Å². The number of nitrogens with zero attached hydrogens (tertiary/aromatic N) is 4. The molecule has 2 aromatic carbocycles. The Labute approximate surface area is 177 Å². The maximum absolute atomic E-state index is 12.4. The van der Waals surface area contributed by atoms with Gasteiger partial charge in [-0.15, -0.1) is 0 Å². The lowest BCUT2D eigenvalue weighted by Crippen LogP contribution is -2.48. The molecule has 0 aliphatic carbocycles. The van der Waals surface area contributed by atoms with Crippen LogP contribution in [0.2, 0.25) is 0 Å². The zero-order chi connectivity index (χ0) is 21.1. The third-order valence-electron chi connectivity index (χ3n) is 4.94. The fraction of sp³-hybridized carbons (Fsp3) is 0.300. The SMILES string of the molecule is COc1cccc(NC(=O)CN2CCN(c3nc4ccc([N+](=O)[O-])cc4s3)CC2)c1. The molecule has 0 unspecified atom stereocenters. The number of non-ortho nitro benzene ring substituents is 1. The number of nitrogens with one attached hydrogen (secondary N) is 1. The summed E-state index contributed by atoms with van der Waals surface area (Å²) in [5.41, 5.74) is 1.55. The van der Waals surface area contributed by atoms with E-state index in [1.54, 1.807) is 25.3 Å². The fourth-order valence-corrected chi connectivity index (χ4v) is 4.40. The Morgan fingerprint density at radius 1 is 1.23 bits per heavy atom. The molecule has 1 aliphatic rings. The Morgan fingerprint density at radius 3 is 2.77 bits per heavy atom. The first-order chi connectivity index (χ1) is 14.5. The number of anilines is 2. The molecule has 2 heterocycles. The third-order valence-corrected chi connectivity index (χ3v) is 6.01. The molecule has 4 rings (SSSR count). The first-order valence-corrected chi connectivity index (χ1v) is 10.3. The van der Waals surface area contributed by atoms with Gasteiger partial charge in [-0.25, -0.2) is 4.98 Å². The van der Waals surface area contributed by atoms with Gasteiger partial charge in [0.1, 0.15) is 5.75 Å². The summed E-state index contributed by atoms with van der Waals surface area (Å²) < 4.78 is 5.98. The molecule has 0 atom stereocenters. The van der Waals surface area contributed by atoms with Crippen molar-refractivity contribution in [1.82, 2.24) is 9.88 Å². The molecule has 156 valence electrons. The monoisotopic (exact) mass is 427 g/mol. The van der Waals surface area contributed by atoms with E-state index < -0.39 is 4.92 Å². The Bertz CT molecular complexity index is 1080. The number of nitro groups is 1. The lowest BCUT2D eigenvalue weighted by atomic mass is 10.3. The van der Waals surface area contributed by atoms with Crippen LogP contribution >= 0.6 is 11.3 Å². The highest BCUT2D eigenvalue weighted by molar-refractivity contribution is 7.22. The summed E-state index contributed by atoms with van der Waals surface area (Å²) in [6.07, 6.45) is 0. The van der Waals surface area contributed by atoms with Crippen LogP contribution in [0, 0.1) is 10.1 Å². The van der Waals surface area contributed by atoms with Gasteiger partial charge in [-0.3, -0.25) is 19.8 Å². The van der Waals surface area contributed by atoms with Crippen molar-refractivity contribution in [3.05, 3.63) is 52.6 Å². The topological polar surface area (TPSA) is 101 Å². The van der Waals surface area contributed by atoms with Crippen LogP contribution in [0.15, 0.2) is 42.5 Å². The highest BCUT2D eigenvalue weighted by atomic mass is 32.1. The van der Waals surface area contributed by atoms with Crippen molar-refractivity contribution in [2.24, 2.45) is 0 Å². The Balaban J connectivity index is 1.32. The molecule has 1 fully saturated rings. The van der Waals surface area contributed by atoms with Crippen LogP contribution in [0.4, 0.5) is 16.5 Å². The summed E-state index contributed by atoms with van der Waals surface area (Å²) in [5, 5.41) is 14.7. The summed E-state index contributed by atoms with van der Waals surface area (Å²) in [6.45, 7) is 3.28. The molecular formula is C20H21N5O4S. The smallest absolute Gasteiger partial charge is 0.270 e. The van der Waals surface area contributed by atoms with E-state index in [1.165, 1.54) is 17.4 Å². The predicted molar refractivity (Wildman–Crippen MR) is 117 cm³/mol. The predicted octanol–water partition coefficient (Wildman–Crippen LogP) is 2.97. The third kappa shape index (κ3) is 4.50. The average molecular weight is 427 g/mol. The van der Waals surface area contributed by atoms with Gasteiger partial charge in [-0.05, 0) is 18.2 Å². The molecule has 0 saturated carbocycles. The van der Waals surface area contributed by atoms with Crippen molar-refractivity contribution in [2.75, 3.05) is 50.1 Å². The molecule has 1 N–H and O–H groups in total. The number of benzene rings is 2. The number of carbonyl (C=O) groups is 1. The molecule has 0 bridgehead atoms. The molecule has 3 aromatic rings. The summed E-state index contributed by atoms with van der Waals surface area (Å²) in [5.74, 6) is 0.631. The number of hydrogen-bond acceptors (Lipinski definition) is 8. The van der Waals surface area contributed by atoms with Gasteiger partial charge in [-0.2, -0.15) is 0 Å². The minimum absolute atomic E-state index is 0.0657. The number of ether oxygens (including phenoxy) is 1. The van der Waals surface area contributed by atoms with Crippen molar-refractivity contribution in [1.29, 1.82) is 0 Å². The molecule has 1 amide bonds. The van der Waals surface area contributed by atoms with Crippen molar-refractivity contribution >= 4 is 44.0 Å². The number of rotatable bonds is 6. The molecule has 30 heavy (non-hydrogen) atoms. The minimum atomic E-state index is -0.395. The number of thiazole rings is 1. The van der Waals surface area contributed by atoms with E-state index in [2.05, 4.69) is 20.1 Å². The molecular weight excluding hydrogens is 406 g/mol. The van der Waals surface area contributed by atoms with Crippen molar-refractivity contribution in [2.45, 2.75) is 0 Å². The Kier molecular flexibility index (Phi) is 5.77. The van der Waals surface area contributed by atoms with Crippen molar-refractivity contribution < 1.29 is 14.5 Å². The molecule has 1 aromatic heterocycles. The first-order valence-electron chi connectivity index (χ1n) is 9.48. The van der Waals surface area contributed by atoms with Gasteiger partial charge in [-0.1, -0.05) is 17.4 Å². The van der Waals surface area contributed by atoms with Crippen LogP contribution in [-0.4, -0.2) is 60.5 Å². The van der Waals surface area contributed by atoms with Crippen LogP contribution in [0.5, 0.6) is 5.75 Å². The highest BCUT2D eigenvalue weighted by Gasteiger charge is 2.22. The molecule has 0 spiro atoms. The molecule has 1 saturated heterocycles. The van der Waals surface area contributed by atoms with Gasteiger partial charge >= 0.3 is 0 Å². The summed E-state index contributed by atoms with van der Waals surface area (Å²) in [4.78, 5) is 31.8. The molecule has 1 aliphatic heterocycles. The lowest BCUT2D eigenvalue weighted by Gasteiger charge is -2.34. The largest absolute Gasteiger partial charge is 0.497 e. The van der Waals surface area contributed by atoms with Gasteiger partial charge in [0.25, 0.3) is 5.69 Å². The molecule has 9 nitrogen and oxygen atoms in total. The summed E-state index contributed by atoms with van der Waals surface area (Å²) in [6, 6.07) is 12.0. The fourth-order valence-electron chi connectivity index (χ4n) is 3.35. The van der Waals surface area contributed by atoms with Crippen LogP contribution < -0.4 is 15.0 Å². The van der Waals surface area contributed by atoms with Gasteiger partial charge < -0.3 is 15.0 Å². The number of amides is 1. The number of piperazine rings is 1. The number of nitro benzene ring substituents is 1. The second-order valence-corrected chi connectivity index (χ2v) is 7.96. The van der Waals surface area contributed by atoms with E-state index in [9.17, 15) is 14.9 Å². The number of aromatic nitrogens is 1. The van der Waals surface area contributed by atoms with E-state index in [1.807, 2.05) is 18.2 Å². The quantitative estimate of drug-likeness (QED) is 0.477.